The van der Waals surface area contributed by atoms with Crippen LogP contribution in [0.4, 0.5) is 0 Å². The summed E-state index contributed by atoms with van der Waals surface area (Å²) in [5, 5.41) is 0. The number of carbonyl (C=O) groups excluding carboxylic acids is 2. The molecule has 18 heavy (non-hydrogen) atoms. The van der Waals surface area contributed by atoms with Gasteiger partial charge >= 0.3 is 0 Å². The van der Waals surface area contributed by atoms with Crippen LogP contribution in [0.1, 0.15) is 0 Å². The minimum atomic E-state index is -0.769. The Balaban J connectivity index is 3.14. The van der Waals surface area contributed by atoms with Crippen LogP contribution in [0, 0.1) is 0 Å². The highest BCUT2D eigenvalue weighted by Crippen LogP contribution is 2.26. The number of hydrogen-bond donors (Lipinski definition) is 0. The van der Waals surface area contributed by atoms with E-state index in [2.05, 4.69) is 0 Å². The summed E-state index contributed by atoms with van der Waals surface area (Å²) in [5.74, 6) is 0. The number of ether oxygens (including phenoxy) is 4. The van der Waals surface area contributed by atoms with Crippen LogP contribution in [0.3, 0.4) is 0 Å². The van der Waals surface area contributed by atoms with Gasteiger partial charge in [-0.25, -0.2) is 0 Å². The topological polar surface area (TPSA) is 77.5 Å². The molecular formula is C10H18N2O6. The molecule has 0 aromatic rings. The maximum Gasteiger partial charge on any atom is 0.214 e. The van der Waals surface area contributed by atoms with Crippen LogP contribution < -0.4 is 0 Å². The first-order valence-corrected chi connectivity index (χ1v) is 5.26. The molecule has 0 saturated carbocycles. The Labute approximate surface area is 105 Å². The summed E-state index contributed by atoms with van der Waals surface area (Å²) in [6, 6.07) is 0. The van der Waals surface area contributed by atoms with Crippen LogP contribution in [-0.4, -0.2) is 76.0 Å². The van der Waals surface area contributed by atoms with E-state index in [1.54, 1.807) is 0 Å². The van der Waals surface area contributed by atoms with E-state index < -0.39 is 24.9 Å². The smallest absolute Gasteiger partial charge is 0.214 e. The average molecular weight is 262 g/mol. The van der Waals surface area contributed by atoms with Crippen molar-refractivity contribution in [2.24, 2.45) is 0 Å². The average Bonchev–Trinajstić information content (AvgIpc) is 2.43. The highest BCUT2D eigenvalue weighted by molar-refractivity contribution is 5.52. The monoisotopic (exact) mass is 262 g/mol. The van der Waals surface area contributed by atoms with Crippen LogP contribution in [0.5, 0.6) is 0 Å². The normalized spacial score (nSPS) is 32.4. The maximum absolute atomic E-state index is 11.2. The second-order valence-corrected chi connectivity index (χ2v) is 3.61. The summed E-state index contributed by atoms with van der Waals surface area (Å²) >= 11 is 0. The van der Waals surface area contributed by atoms with E-state index in [-0.39, 0.29) is 0 Å². The predicted octanol–water partition coefficient (Wildman–Crippen LogP) is -1.19. The van der Waals surface area contributed by atoms with Gasteiger partial charge in [0, 0.05) is 28.4 Å². The lowest BCUT2D eigenvalue weighted by atomic mass is 10.2. The Morgan fingerprint density at radius 2 is 0.889 bits per heavy atom. The lowest BCUT2D eigenvalue weighted by molar-refractivity contribution is -0.294. The molecule has 1 aliphatic heterocycles. The molecule has 0 radical (unpaired) electrons. The van der Waals surface area contributed by atoms with Crippen LogP contribution in [-0.2, 0) is 28.5 Å². The van der Waals surface area contributed by atoms with Crippen molar-refractivity contribution in [3.63, 3.8) is 0 Å². The number of methoxy groups -OCH3 is 4. The highest BCUT2D eigenvalue weighted by Gasteiger charge is 2.48. The summed E-state index contributed by atoms with van der Waals surface area (Å²) in [6.45, 7) is 0. The number of rotatable bonds is 6. The van der Waals surface area contributed by atoms with Gasteiger partial charge in [0.1, 0.15) is 0 Å². The lowest BCUT2D eigenvalue weighted by Gasteiger charge is -2.50. The number of nitrogens with zero attached hydrogens (tertiary/aromatic N) is 2. The summed E-state index contributed by atoms with van der Waals surface area (Å²) in [7, 11) is 5.65. The molecule has 1 fully saturated rings. The minimum Gasteiger partial charge on any atom is -0.357 e. The van der Waals surface area contributed by atoms with Crippen molar-refractivity contribution in [1.82, 2.24) is 9.80 Å². The van der Waals surface area contributed by atoms with Crippen molar-refractivity contribution in [3.8, 4) is 0 Å². The lowest BCUT2D eigenvalue weighted by Crippen LogP contribution is -2.69. The largest absolute Gasteiger partial charge is 0.357 e. The summed E-state index contributed by atoms with van der Waals surface area (Å²) in [5.41, 5.74) is 0. The third-order valence-electron chi connectivity index (χ3n) is 2.87. The minimum absolute atomic E-state index is 0.572. The fourth-order valence-corrected chi connectivity index (χ4v) is 2.07. The Morgan fingerprint density at radius 1 is 0.667 bits per heavy atom. The van der Waals surface area contributed by atoms with E-state index in [9.17, 15) is 9.59 Å². The van der Waals surface area contributed by atoms with E-state index in [1.807, 2.05) is 0 Å². The first-order valence-electron chi connectivity index (χ1n) is 5.26. The SMILES string of the molecule is CO[C@@H]1[C@@H](OC)N(C=O)[C@@H](OC)[C@H](OC)N1C=O. The van der Waals surface area contributed by atoms with E-state index >= 15 is 0 Å². The molecule has 1 saturated heterocycles. The number of amides is 2. The van der Waals surface area contributed by atoms with Crippen molar-refractivity contribution in [2.45, 2.75) is 24.9 Å². The summed E-state index contributed by atoms with van der Waals surface area (Å²) < 4.78 is 20.8. The van der Waals surface area contributed by atoms with Gasteiger partial charge in [0.15, 0.2) is 24.9 Å². The fourth-order valence-electron chi connectivity index (χ4n) is 2.07. The summed E-state index contributed by atoms with van der Waals surface area (Å²) in [4.78, 5) is 24.9. The third kappa shape index (κ3) is 2.32. The number of piperazine rings is 1. The molecule has 0 unspecified atom stereocenters. The molecule has 0 aromatic carbocycles. The van der Waals surface area contributed by atoms with Gasteiger partial charge in [-0.15, -0.1) is 0 Å². The molecular weight excluding hydrogens is 244 g/mol. The molecule has 8 heteroatoms. The molecule has 1 rings (SSSR count). The first kappa shape index (κ1) is 14.8. The molecule has 0 N–H and O–H groups in total. The van der Waals surface area contributed by atoms with Gasteiger partial charge in [-0.3, -0.25) is 19.4 Å². The molecule has 2 amide bonds. The standard InChI is InChI=1S/C10H18N2O6/c1-15-7-8(16-2)12(6-14)10(18-4)9(17-3)11(7)5-13/h5-10H,1-4H3/t7-,8-,9+,10+. The molecule has 0 bridgehead atoms. The van der Waals surface area contributed by atoms with Crippen molar-refractivity contribution in [1.29, 1.82) is 0 Å². The van der Waals surface area contributed by atoms with E-state index in [4.69, 9.17) is 18.9 Å². The van der Waals surface area contributed by atoms with Crippen molar-refractivity contribution >= 4 is 12.8 Å². The zero-order valence-corrected chi connectivity index (χ0v) is 10.8. The number of hydrogen-bond acceptors (Lipinski definition) is 6. The molecule has 0 aromatic heterocycles. The van der Waals surface area contributed by atoms with Gasteiger partial charge < -0.3 is 18.9 Å². The van der Waals surface area contributed by atoms with Crippen molar-refractivity contribution in [3.05, 3.63) is 0 Å². The van der Waals surface area contributed by atoms with Crippen molar-refractivity contribution in [2.75, 3.05) is 28.4 Å². The second-order valence-electron chi connectivity index (χ2n) is 3.61. The second kappa shape index (κ2) is 6.64. The van der Waals surface area contributed by atoms with Gasteiger partial charge in [0.05, 0.1) is 0 Å². The van der Waals surface area contributed by atoms with Gasteiger partial charge in [0.25, 0.3) is 0 Å². The third-order valence-corrected chi connectivity index (χ3v) is 2.87. The van der Waals surface area contributed by atoms with Gasteiger partial charge in [-0.1, -0.05) is 0 Å². The zero-order chi connectivity index (χ0) is 13.7. The molecule has 8 nitrogen and oxygen atoms in total. The Morgan fingerprint density at radius 3 is 1.00 bits per heavy atom. The maximum atomic E-state index is 11.2. The molecule has 0 aliphatic carbocycles. The van der Waals surface area contributed by atoms with Crippen LogP contribution in [0.2, 0.25) is 0 Å². The van der Waals surface area contributed by atoms with Crippen LogP contribution >= 0.6 is 0 Å². The molecule has 1 heterocycles. The van der Waals surface area contributed by atoms with Gasteiger partial charge in [-0.05, 0) is 0 Å². The molecule has 104 valence electrons. The van der Waals surface area contributed by atoms with E-state index in [0.29, 0.717) is 12.8 Å². The zero-order valence-electron chi connectivity index (χ0n) is 10.8. The van der Waals surface area contributed by atoms with Crippen LogP contribution in [0.25, 0.3) is 0 Å². The first-order chi connectivity index (χ1) is 8.69. The highest BCUT2D eigenvalue weighted by atomic mass is 16.6. The Hall–Kier alpha value is -1.22. The summed E-state index contributed by atoms with van der Waals surface area (Å²) in [6.07, 6.45) is -1.93. The van der Waals surface area contributed by atoms with Crippen molar-refractivity contribution < 1.29 is 28.5 Å². The fraction of sp³-hybridized carbons (Fsp3) is 0.800. The van der Waals surface area contributed by atoms with Crippen LogP contribution in [0.15, 0.2) is 0 Å². The van der Waals surface area contributed by atoms with Gasteiger partial charge in [-0.2, -0.15) is 0 Å². The molecule has 0 spiro atoms. The number of carbonyl (C=O) groups is 2. The van der Waals surface area contributed by atoms with E-state index in [1.165, 1.54) is 38.2 Å². The van der Waals surface area contributed by atoms with E-state index in [0.717, 1.165) is 0 Å². The Kier molecular flexibility index (Phi) is 5.48. The van der Waals surface area contributed by atoms with Gasteiger partial charge in [0.2, 0.25) is 12.8 Å². The Bertz CT molecular complexity index is 242. The molecule has 1 aliphatic rings. The quantitative estimate of drug-likeness (QED) is 0.560. The molecule has 4 atom stereocenters. The predicted molar refractivity (Wildman–Crippen MR) is 59.0 cm³/mol.